The Balaban J connectivity index is 2.29. The zero-order valence-corrected chi connectivity index (χ0v) is 12.5. The van der Waals surface area contributed by atoms with Crippen molar-refractivity contribution in [1.82, 2.24) is 9.84 Å². The summed E-state index contributed by atoms with van der Waals surface area (Å²) in [6.07, 6.45) is 2.92. The van der Waals surface area contributed by atoms with Crippen molar-refractivity contribution in [2.75, 3.05) is 5.73 Å². The number of hydrogen-bond acceptors (Lipinski definition) is 4. The molecule has 0 spiro atoms. The lowest BCUT2D eigenvalue weighted by Crippen LogP contribution is -2.54. The monoisotopic (exact) mass is 301 g/mol. The van der Waals surface area contributed by atoms with Crippen LogP contribution in [0.15, 0.2) is 23.1 Å². The van der Waals surface area contributed by atoms with Crippen LogP contribution in [0.4, 0.5) is 10.1 Å². The zero-order chi connectivity index (χ0) is 14.9. The first-order valence-corrected chi connectivity index (χ1v) is 8.16. The highest BCUT2D eigenvalue weighted by molar-refractivity contribution is 7.89. The number of rotatable bonds is 3. The number of anilines is 1. The van der Waals surface area contributed by atoms with Crippen molar-refractivity contribution in [3.63, 3.8) is 0 Å². The van der Waals surface area contributed by atoms with E-state index in [1.807, 2.05) is 13.8 Å². The topological polar surface area (TPSA) is 75.4 Å². The van der Waals surface area contributed by atoms with Crippen LogP contribution in [-0.2, 0) is 10.0 Å². The molecule has 2 atom stereocenters. The van der Waals surface area contributed by atoms with Crippen LogP contribution >= 0.6 is 0 Å². The van der Waals surface area contributed by atoms with Crippen LogP contribution in [0.1, 0.15) is 33.1 Å². The molecule has 0 aliphatic carbocycles. The van der Waals surface area contributed by atoms with Crippen molar-refractivity contribution >= 4 is 15.7 Å². The molecule has 0 aromatic heterocycles. The van der Waals surface area contributed by atoms with E-state index in [2.05, 4.69) is 4.83 Å². The van der Waals surface area contributed by atoms with E-state index in [0.29, 0.717) is 0 Å². The summed E-state index contributed by atoms with van der Waals surface area (Å²) in [4.78, 5) is 2.32. The minimum Gasteiger partial charge on any atom is -0.395 e. The van der Waals surface area contributed by atoms with E-state index in [-0.39, 0.29) is 22.7 Å². The highest BCUT2D eigenvalue weighted by atomic mass is 32.2. The number of hydrogen-bond donors (Lipinski definition) is 2. The van der Waals surface area contributed by atoms with Gasteiger partial charge in [-0.1, -0.05) is 12.5 Å². The number of nitrogens with zero attached hydrogens (tertiary/aromatic N) is 1. The van der Waals surface area contributed by atoms with E-state index in [4.69, 9.17) is 5.73 Å². The molecule has 1 aromatic rings. The molecule has 3 N–H and O–H groups in total. The number of nitrogens with two attached hydrogens (primary N) is 1. The number of piperidine rings is 1. The van der Waals surface area contributed by atoms with Crippen LogP contribution in [0.25, 0.3) is 0 Å². The second kappa shape index (κ2) is 5.67. The molecule has 112 valence electrons. The van der Waals surface area contributed by atoms with Crippen LogP contribution in [0.2, 0.25) is 0 Å². The fraction of sp³-hybridized carbons (Fsp3) is 0.538. The van der Waals surface area contributed by atoms with Gasteiger partial charge in [0.1, 0.15) is 10.7 Å². The highest BCUT2D eigenvalue weighted by Gasteiger charge is 2.30. The number of halogens is 1. The van der Waals surface area contributed by atoms with Crippen molar-refractivity contribution < 1.29 is 12.8 Å². The molecule has 1 aliphatic heterocycles. The minimum absolute atomic E-state index is 0.100. The van der Waals surface area contributed by atoms with Crippen LogP contribution < -0.4 is 10.6 Å². The number of benzene rings is 1. The summed E-state index contributed by atoms with van der Waals surface area (Å²) >= 11 is 0. The molecular weight excluding hydrogens is 281 g/mol. The molecule has 2 unspecified atom stereocenters. The van der Waals surface area contributed by atoms with Crippen molar-refractivity contribution in [2.45, 2.75) is 50.1 Å². The van der Waals surface area contributed by atoms with Gasteiger partial charge in [-0.05, 0) is 38.8 Å². The lowest BCUT2D eigenvalue weighted by atomic mass is 10.0. The average Bonchev–Trinajstić information content (AvgIpc) is 2.37. The Morgan fingerprint density at radius 3 is 2.50 bits per heavy atom. The van der Waals surface area contributed by atoms with Crippen molar-refractivity contribution in [3.8, 4) is 0 Å². The van der Waals surface area contributed by atoms with Gasteiger partial charge in [0.05, 0.1) is 5.69 Å². The third-order valence-electron chi connectivity index (χ3n) is 3.72. The molecule has 1 aliphatic rings. The third-order valence-corrected chi connectivity index (χ3v) is 5.11. The first-order chi connectivity index (χ1) is 9.33. The second-order valence-electron chi connectivity index (χ2n) is 5.28. The van der Waals surface area contributed by atoms with Crippen molar-refractivity contribution in [2.24, 2.45) is 0 Å². The summed E-state index contributed by atoms with van der Waals surface area (Å²) in [5.74, 6) is -0.729. The maximum atomic E-state index is 13.4. The second-order valence-corrected chi connectivity index (χ2v) is 6.91. The summed E-state index contributed by atoms with van der Waals surface area (Å²) in [5, 5.41) is 1.71. The van der Waals surface area contributed by atoms with Gasteiger partial charge in [-0.2, -0.15) is 0 Å². The molecule has 5 nitrogen and oxygen atoms in total. The van der Waals surface area contributed by atoms with Gasteiger partial charge in [-0.3, -0.25) is 0 Å². The van der Waals surface area contributed by atoms with E-state index in [9.17, 15) is 12.8 Å². The molecular formula is C13H20FN3O2S. The van der Waals surface area contributed by atoms with Gasteiger partial charge in [0.25, 0.3) is 10.0 Å². The van der Waals surface area contributed by atoms with Gasteiger partial charge in [0, 0.05) is 12.1 Å². The molecule has 0 radical (unpaired) electrons. The Bertz CT molecular complexity index is 581. The molecule has 2 rings (SSSR count). The number of sulfonamides is 1. The van der Waals surface area contributed by atoms with Crippen molar-refractivity contribution in [3.05, 3.63) is 24.0 Å². The number of para-hydroxylation sites is 1. The molecule has 0 saturated carbocycles. The Kier molecular flexibility index (Phi) is 4.31. The van der Waals surface area contributed by atoms with Crippen LogP contribution in [0.5, 0.6) is 0 Å². The predicted octanol–water partition coefficient (Wildman–Crippen LogP) is 1.86. The Morgan fingerprint density at radius 1 is 1.30 bits per heavy atom. The van der Waals surface area contributed by atoms with Crippen LogP contribution in [0.3, 0.4) is 0 Å². The molecule has 1 heterocycles. The molecule has 0 bridgehead atoms. The van der Waals surface area contributed by atoms with Gasteiger partial charge in [-0.15, -0.1) is 4.83 Å². The summed E-state index contributed by atoms with van der Waals surface area (Å²) in [7, 11) is -3.87. The van der Waals surface area contributed by atoms with Crippen molar-refractivity contribution in [1.29, 1.82) is 0 Å². The molecule has 7 heteroatoms. The van der Waals surface area contributed by atoms with E-state index >= 15 is 0 Å². The Labute approximate surface area is 119 Å². The normalized spacial score (nSPS) is 24.8. The van der Waals surface area contributed by atoms with E-state index < -0.39 is 15.8 Å². The first-order valence-electron chi connectivity index (χ1n) is 6.67. The summed E-state index contributed by atoms with van der Waals surface area (Å²) in [6.45, 7) is 3.93. The van der Waals surface area contributed by atoms with E-state index in [1.54, 1.807) is 5.01 Å². The summed E-state index contributed by atoms with van der Waals surface area (Å²) < 4.78 is 38.1. The molecule has 1 fully saturated rings. The minimum atomic E-state index is -3.87. The summed E-state index contributed by atoms with van der Waals surface area (Å²) in [6, 6.07) is 3.98. The lowest BCUT2D eigenvalue weighted by molar-refractivity contribution is 0.0790. The largest absolute Gasteiger partial charge is 0.395 e. The average molecular weight is 301 g/mol. The smallest absolute Gasteiger partial charge is 0.255 e. The summed E-state index contributed by atoms with van der Waals surface area (Å²) in [5.41, 5.74) is 5.18. The van der Waals surface area contributed by atoms with Gasteiger partial charge in [0.15, 0.2) is 0 Å². The molecule has 20 heavy (non-hydrogen) atoms. The standard InChI is InChI=1S/C13H20FN3O2S/c1-9-5-3-6-10(2)17(9)16-20(18,19)12-8-4-7-11(14)13(12)15/h4,7-10,16H,3,5-6,15H2,1-2H3. The third kappa shape index (κ3) is 2.94. The maximum Gasteiger partial charge on any atom is 0.255 e. The Hall–Kier alpha value is -1.18. The first kappa shape index (κ1) is 15.2. The molecule has 1 aromatic carbocycles. The Morgan fingerprint density at radius 2 is 1.90 bits per heavy atom. The maximum absolute atomic E-state index is 13.4. The number of nitrogens with one attached hydrogen (secondary N) is 1. The van der Waals surface area contributed by atoms with Crippen LogP contribution in [0, 0.1) is 5.82 Å². The van der Waals surface area contributed by atoms with Gasteiger partial charge in [0.2, 0.25) is 0 Å². The fourth-order valence-electron chi connectivity index (χ4n) is 2.54. The van der Waals surface area contributed by atoms with Gasteiger partial charge >= 0.3 is 0 Å². The zero-order valence-electron chi connectivity index (χ0n) is 11.6. The quantitative estimate of drug-likeness (QED) is 0.836. The fourth-order valence-corrected chi connectivity index (χ4v) is 3.92. The highest BCUT2D eigenvalue weighted by Crippen LogP contribution is 2.25. The van der Waals surface area contributed by atoms with Gasteiger partial charge in [-0.25, -0.2) is 17.8 Å². The molecule has 1 saturated heterocycles. The molecule has 0 amide bonds. The van der Waals surface area contributed by atoms with Gasteiger partial charge < -0.3 is 5.73 Å². The predicted molar refractivity (Wildman–Crippen MR) is 75.7 cm³/mol. The van der Waals surface area contributed by atoms with E-state index in [1.165, 1.54) is 12.1 Å². The van der Waals surface area contributed by atoms with E-state index in [0.717, 1.165) is 25.3 Å². The SMILES string of the molecule is CC1CCCC(C)N1NS(=O)(=O)c1cccc(F)c1N. The number of nitrogen functional groups attached to an aromatic ring is 1. The van der Waals surface area contributed by atoms with Crippen LogP contribution in [-0.4, -0.2) is 25.5 Å². The lowest BCUT2D eigenvalue weighted by Gasteiger charge is -2.38. The number of hydrazine groups is 1.